The molecular formula is C20H19NO2. The standard InChI is InChI=1S/C20H19NO2/c22-20(14-7-2-1-3-8-14)23-19-12-6-10-15-16-9-4-5-11-18(16)21-13-17(15)19/h1-3,6-8,10,12-13,18,21H,4-5,9,11H2. The Hall–Kier alpha value is -2.55. The van der Waals surface area contributed by atoms with Gasteiger partial charge in [-0.3, -0.25) is 0 Å². The van der Waals surface area contributed by atoms with E-state index in [0.717, 1.165) is 11.6 Å². The maximum Gasteiger partial charge on any atom is 0.343 e. The molecule has 0 radical (unpaired) electrons. The van der Waals surface area contributed by atoms with Gasteiger partial charge in [0.15, 0.2) is 0 Å². The number of hydrogen-bond donors (Lipinski definition) is 1. The molecule has 4 rings (SSSR count). The molecule has 1 heterocycles. The van der Waals surface area contributed by atoms with Crippen molar-refractivity contribution in [3.05, 3.63) is 64.5 Å². The van der Waals surface area contributed by atoms with Gasteiger partial charge in [-0.2, -0.15) is 0 Å². The Bertz CT molecular complexity index is 855. The predicted octanol–water partition coefficient (Wildman–Crippen LogP) is 2.34. The first-order valence-corrected chi connectivity index (χ1v) is 8.18. The lowest BCUT2D eigenvalue weighted by Gasteiger charge is -2.28. The minimum Gasteiger partial charge on any atom is -0.422 e. The number of benzene rings is 2. The smallest absolute Gasteiger partial charge is 0.343 e. The van der Waals surface area contributed by atoms with Crippen LogP contribution in [0.4, 0.5) is 0 Å². The van der Waals surface area contributed by atoms with Crippen LogP contribution < -0.4 is 20.5 Å². The Labute approximate surface area is 135 Å². The quantitative estimate of drug-likeness (QED) is 0.684. The van der Waals surface area contributed by atoms with E-state index in [1.165, 1.54) is 30.1 Å². The van der Waals surface area contributed by atoms with Gasteiger partial charge in [-0.25, -0.2) is 4.79 Å². The van der Waals surface area contributed by atoms with Crippen LogP contribution in [0.5, 0.6) is 5.75 Å². The van der Waals surface area contributed by atoms with Crippen LogP contribution in [0.2, 0.25) is 0 Å². The largest absolute Gasteiger partial charge is 0.422 e. The summed E-state index contributed by atoms with van der Waals surface area (Å²) in [5, 5.41) is 5.70. The highest BCUT2D eigenvalue weighted by Crippen LogP contribution is 2.24. The molecule has 2 aromatic carbocycles. The fourth-order valence-electron chi connectivity index (χ4n) is 3.50. The zero-order valence-corrected chi connectivity index (χ0v) is 12.9. The van der Waals surface area contributed by atoms with Gasteiger partial charge in [0.2, 0.25) is 0 Å². The molecule has 23 heavy (non-hydrogen) atoms. The molecule has 1 aliphatic heterocycles. The van der Waals surface area contributed by atoms with Gasteiger partial charge in [0, 0.05) is 17.5 Å². The van der Waals surface area contributed by atoms with E-state index in [9.17, 15) is 4.79 Å². The molecule has 1 saturated carbocycles. The summed E-state index contributed by atoms with van der Waals surface area (Å²) in [5.41, 5.74) is 2.02. The van der Waals surface area contributed by atoms with Crippen LogP contribution in [0.15, 0.2) is 48.5 Å². The van der Waals surface area contributed by atoms with Crippen molar-refractivity contribution in [3.63, 3.8) is 0 Å². The van der Waals surface area contributed by atoms with Crippen LogP contribution >= 0.6 is 0 Å². The molecular weight excluding hydrogens is 286 g/mol. The summed E-state index contributed by atoms with van der Waals surface area (Å²) in [5.74, 6) is 0.309. The number of fused-ring (bicyclic) bond motifs is 2. The molecule has 0 amide bonds. The lowest BCUT2D eigenvalue weighted by molar-refractivity contribution is 0.0733. The lowest BCUT2D eigenvalue weighted by atomic mass is 9.86. The first-order valence-electron chi connectivity index (χ1n) is 8.18. The summed E-state index contributed by atoms with van der Waals surface area (Å²) in [6.45, 7) is 0. The van der Waals surface area contributed by atoms with Crippen molar-refractivity contribution in [3.8, 4) is 5.75 Å². The SMILES string of the molecule is O=C(Oc1cccc2c1=CNC1CCCCC=21)c1ccccc1. The van der Waals surface area contributed by atoms with Crippen LogP contribution in [0, 0.1) is 0 Å². The van der Waals surface area contributed by atoms with Crippen LogP contribution in [0.3, 0.4) is 0 Å². The minimum absolute atomic E-state index is 0.317. The molecule has 2 aromatic rings. The maximum absolute atomic E-state index is 12.3. The molecule has 3 nitrogen and oxygen atoms in total. The van der Waals surface area contributed by atoms with E-state index in [2.05, 4.69) is 11.4 Å². The Morgan fingerprint density at radius 1 is 1.04 bits per heavy atom. The fourth-order valence-corrected chi connectivity index (χ4v) is 3.50. The van der Waals surface area contributed by atoms with Gasteiger partial charge in [0.05, 0.1) is 5.56 Å². The van der Waals surface area contributed by atoms with E-state index in [4.69, 9.17) is 4.74 Å². The van der Waals surface area contributed by atoms with Crippen molar-refractivity contribution in [2.24, 2.45) is 0 Å². The van der Waals surface area contributed by atoms with Gasteiger partial charge in [-0.15, -0.1) is 0 Å². The molecule has 1 atom stereocenters. The number of carbonyl (C=O) groups is 1. The maximum atomic E-state index is 12.3. The van der Waals surface area contributed by atoms with Gasteiger partial charge in [0.25, 0.3) is 0 Å². The molecule has 0 bridgehead atoms. The van der Waals surface area contributed by atoms with Crippen LogP contribution in [0.1, 0.15) is 36.0 Å². The minimum atomic E-state index is -0.317. The average molecular weight is 305 g/mol. The second-order valence-electron chi connectivity index (χ2n) is 6.11. The Morgan fingerprint density at radius 3 is 2.78 bits per heavy atom. The third-order valence-electron chi connectivity index (χ3n) is 4.66. The lowest BCUT2D eigenvalue weighted by Crippen LogP contribution is -2.44. The highest BCUT2D eigenvalue weighted by atomic mass is 16.5. The van der Waals surface area contributed by atoms with E-state index in [0.29, 0.717) is 17.4 Å². The van der Waals surface area contributed by atoms with E-state index in [1.807, 2.05) is 36.5 Å². The highest BCUT2D eigenvalue weighted by molar-refractivity contribution is 5.91. The summed E-state index contributed by atoms with van der Waals surface area (Å²) in [6, 6.07) is 15.5. The molecule has 0 saturated heterocycles. The Kier molecular flexibility index (Phi) is 3.62. The molecule has 1 fully saturated rings. The number of esters is 1. The van der Waals surface area contributed by atoms with Crippen molar-refractivity contribution in [1.29, 1.82) is 0 Å². The van der Waals surface area contributed by atoms with Crippen molar-refractivity contribution in [1.82, 2.24) is 5.32 Å². The molecule has 3 heteroatoms. The van der Waals surface area contributed by atoms with Crippen molar-refractivity contribution in [2.75, 3.05) is 0 Å². The van der Waals surface area contributed by atoms with Crippen molar-refractivity contribution >= 4 is 17.7 Å². The second kappa shape index (κ2) is 5.92. The molecule has 1 aliphatic carbocycles. The van der Waals surface area contributed by atoms with E-state index in [-0.39, 0.29) is 5.97 Å². The number of carbonyl (C=O) groups excluding carboxylic acids is 1. The fraction of sp³-hybridized carbons (Fsp3) is 0.250. The van der Waals surface area contributed by atoms with Crippen LogP contribution in [0.25, 0.3) is 11.8 Å². The summed E-state index contributed by atoms with van der Waals surface area (Å²) < 4.78 is 5.66. The van der Waals surface area contributed by atoms with Crippen molar-refractivity contribution in [2.45, 2.75) is 31.7 Å². The van der Waals surface area contributed by atoms with Gasteiger partial charge in [0.1, 0.15) is 5.75 Å². The van der Waals surface area contributed by atoms with E-state index < -0.39 is 0 Å². The summed E-state index contributed by atoms with van der Waals surface area (Å²) in [7, 11) is 0. The molecule has 1 unspecified atom stereocenters. The number of nitrogens with one attached hydrogen (secondary N) is 1. The average Bonchev–Trinajstić information content (AvgIpc) is 2.62. The third-order valence-corrected chi connectivity index (χ3v) is 4.66. The summed E-state index contributed by atoms with van der Waals surface area (Å²) in [6.07, 6.45) is 6.81. The van der Waals surface area contributed by atoms with Gasteiger partial charge >= 0.3 is 5.97 Å². The van der Waals surface area contributed by atoms with Gasteiger partial charge in [-0.05, 0) is 48.3 Å². The van der Waals surface area contributed by atoms with Crippen LogP contribution in [-0.4, -0.2) is 12.0 Å². The normalized spacial score (nSPS) is 19.0. The first kappa shape index (κ1) is 14.1. The first-order chi connectivity index (χ1) is 11.3. The summed E-state index contributed by atoms with van der Waals surface area (Å²) in [4.78, 5) is 12.3. The van der Waals surface area contributed by atoms with E-state index >= 15 is 0 Å². The zero-order chi connectivity index (χ0) is 15.6. The number of rotatable bonds is 2. The summed E-state index contributed by atoms with van der Waals surface area (Å²) >= 11 is 0. The topological polar surface area (TPSA) is 38.3 Å². The monoisotopic (exact) mass is 305 g/mol. The highest BCUT2D eigenvalue weighted by Gasteiger charge is 2.22. The Balaban J connectivity index is 1.74. The van der Waals surface area contributed by atoms with Gasteiger partial charge < -0.3 is 10.1 Å². The molecule has 0 aromatic heterocycles. The predicted molar refractivity (Wildman–Crippen MR) is 90.4 cm³/mol. The Morgan fingerprint density at radius 2 is 1.91 bits per heavy atom. The second-order valence-corrected chi connectivity index (χ2v) is 6.11. The van der Waals surface area contributed by atoms with Crippen molar-refractivity contribution < 1.29 is 9.53 Å². The number of hydrogen-bond acceptors (Lipinski definition) is 3. The van der Waals surface area contributed by atoms with E-state index in [1.54, 1.807) is 12.1 Å². The molecule has 2 aliphatic rings. The molecule has 1 N–H and O–H groups in total. The van der Waals surface area contributed by atoms with Gasteiger partial charge in [-0.1, -0.05) is 36.8 Å². The van der Waals surface area contributed by atoms with Crippen LogP contribution in [-0.2, 0) is 0 Å². The zero-order valence-electron chi connectivity index (χ0n) is 12.9. The third kappa shape index (κ3) is 2.63. The number of ether oxygens (including phenoxy) is 1. The molecule has 0 spiro atoms. The molecule has 116 valence electrons.